The van der Waals surface area contributed by atoms with Gasteiger partial charge < -0.3 is 25.2 Å². The van der Waals surface area contributed by atoms with Crippen molar-refractivity contribution in [3.05, 3.63) is 53.6 Å². The van der Waals surface area contributed by atoms with Crippen LogP contribution in [0.15, 0.2) is 42.5 Å². The summed E-state index contributed by atoms with van der Waals surface area (Å²) in [5.74, 6) is 0.937. The highest BCUT2D eigenvalue weighted by molar-refractivity contribution is 5.89. The van der Waals surface area contributed by atoms with Gasteiger partial charge >= 0.3 is 12.2 Å². The number of methoxy groups -OCH3 is 2. The van der Waals surface area contributed by atoms with Gasteiger partial charge in [0.15, 0.2) is 0 Å². The molecule has 2 aromatic rings. The second kappa shape index (κ2) is 8.63. The molecule has 1 atom stereocenters. The first-order chi connectivity index (χ1) is 12.7. The Morgan fingerprint density at radius 3 is 2.33 bits per heavy atom. The second-order valence-electron chi connectivity index (χ2n) is 5.53. The van der Waals surface area contributed by atoms with Gasteiger partial charge in [0.05, 0.1) is 19.8 Å². The van der Waals surface area contributed by atoms with Crippen molar-refractivity contribution in [1.29, 1.82) is 0 Å². The van der Waals surface area contributed by atoms with E-state index in [1.54, 1.807) is 18.2 Å². The van der Waals surface area contributed by atoms with E-state index in [1.165, 1.54) is 14.2 Å². The fourth-order valence-corrected chi connectivity index (χ4v) is 2.32. The predicted octanol–water partition coefficient (Wildman–Crippen LogP) is 3.58. The third kappa shape index (κ3) is 5.52. The van der Waals surface area contributed by atoms with Gasteiger partial charge in [0.25, 0.3) is 0 Å². The van der Waals surface area contributed by atoms with Crippen LogP contribution in [0, 0.1) is 0 Å². The quantitative estimate of drug-likeness (QED) is 0.711. The van der Waals surface area contributed by atoms with E-state index in [-0.39, 0.29) is 12.2 Å². The number of aliphatic hydroxyl groups is 1. The molecule has 0 spiro atoms. The number of hydrogen-bond donors (Lipinski definition) is 3. The molecule has 0 aliphatic rings. The second-order valence-corrected chi connectivity index (χ2v) is 5.53. The molecule has 27 heavy (non-hydrogen) atoms. The van der Waals surface area contributed by atoms with Crippen LogP contribution in [0.3, 0.4) is 0 Å². The molecule has 6 nitrogen and oxygen atoms in total. The van der Waals surface area contributed by atoms with E-state index in [2.05, 4.69) is 10.6 Å². The Bertz CT molecular complexity index is 779. The van der Waals surface area contributed by atoms with Crippen molar-refractivity contribution in [2.75, 3.05) is 26.1 Å². The van der Waals surface area contributed by atoms with Gasteiger partial charge in [-0.05, 0) is 42.5 Å². The predicted molar refractivity (Wildman–Crippen MR) is 93.0 cm³/mol. The maximum Gasteiger partial charge on any atom is 0.416 e. The molecule has 146 valence electrons. The van der Waals surface area contributed by atoms with Crippen LogP contribution in [0.2, 0.25) is 0 Å². The van der Waals surface area contributed by atoms with Crippen LogP contribution in [0.1, 0.15) is 17.2 Å². The SMILES string of the molecule is COc1ccc(OC)c([C@H](O)CNC(=O)Nc2ccc(C(F)(F)F)cc2)c1. The average Bonchev–Trinajstić information content (AvgIpc) is 2.65. The topological polar surface area (TPSA) is 79.8 Å². The number of urea groups is 1. The van der Waals surface area contributed by atoms with E-state index in [9.17, 15) is 23.1 Å². The summed E-state index contributed by atoms with van der Waals surface area (Å²) in [7, 11) is 2.93. The van der Waals surface area contributed by atoms with Crippen LogP contribution in [0.4, 0.5) is 23.7 Å². The molecule has 0 aromatic heterocycles. The third-order valence-corrected chi connectivity index (χ3v) is 3.72. The minimum Gasteiger partial charge on any atom is -0.497 e. The Balaban J connectivity index is 1.95. The Labute approximate surface area is 153 Å². The van der Waals surface area contributed by atoms with E-state index in [4.69, 9.17) is 9.47 Å². The summed E-state index contributed by atoms with van der Waals surface area (Å²) in [6, 6.07) is 8.22. The molecule has 3 N–H and O–H groups in total. The first-order valence-corrected chi connectivity index (χ1v) is 7.86. The number of nitrogens with one attached hydrogen (secondary N) is 2. The van der Waals surface area contributed by atoms with Crippen LogP contribution in [-0.4, -0.2) is 31.9 Å². The third-order valence-electron chi connectivity index (χ3n) is 3.72. The number of hydrogen-bond acceptors (Lipinski definition) is 4. The fourth-order valence-electron chi connectivity index (χ4n) is 2.32. The first kappa shape index (κ1) is 20.4. The zero-order valence-electron chi connectivity index (χ0n) is 14.6. The van der Waals surface area contributed by atoms with Crippen molar-refractivity contribution in [2.45, 2.75) is 12.3 Å². The molecule has 2 amide bonds. The molecule has 0 saturated heterocycles. The molecule has 0 aliphatic carbocycles. The monoisotopic (exact) mass is 384 g/mol. The highest BCUT2D eigenvalue weighted by Crippen LogP contribution is 2.30. The summed E-state index contributed by atoms with van der Waals surface area (Å²) in [6.45, 7) is -0.143. The molecule has 0 aliphatic heterocycles. The molecule has 0 saturated carbocycles. The van der Waals surface area contributed by atoms with Gasteiger partial charge in [0, 0.05) is 17.8 Å². The minimum atomic E-state index is -4.44. The Morgan fingerprint density at radius 1 is 1.11 bits per heavy atom. The highest BCUT2D eigenvalue weighted by atomic mass is 19.4. The number of benzene rings is 2. The summed E-state index contributed by atoms with van der Waals surface area (Å²) >= 11 is 0. The zero-order chi connectivity index (χ0) is 20.0. The molecule has 0 heterocycles. The van der Waals surface area contributed by atoms with Gasteiger partial charge in [0.2, 0.25) is 0 Å². The highest BCUT2D eigenvalue weighted by Gasteiger charge is 2.30. The number of rotatable bonds is 6. The van der Waals surface area contributed by atoms with Crippen molar-refractivity contribution in [3.63, 3.8) is 0 Å². The maximum absolute atomic E-state index is 12.5. The van der Waals surface area contributed by atoms with Crippen LogP contribution < -0.4 is 20.1 Å². The van der Waals surface area contributed by atoms with Crippen LogP contribution in [0.5, 0.6) is 11.5 Å². The summed E-state index contributed by atoms with van der Waals surface area (Å²) < 4.78 is 47.8. The van der Waals surface area contributed by atoms with Crippen LogP contribution >= 0.6 is 0 Å². The Kier molecular flexibility index (Phi) is 6.51. The molecule has 0 fully saturated rings. The van der Waals surface area contributed by atoms with Gasteiger partial charge in [-0.2, -0.15) is 13.2 Å². The molecule has 0 bridgehead atoms. The maximum atomic E-state index is 12.5. The number of amides is 2. The summed E-state index contributed by atoms with van der Waals surface area (Å²) in [6.07, 6.45) is -5.52. The number of ether oxygens (including phenoxy) is 2. The number of anilines is 1. The van der Waals surface area contributed by atoms with E-state index in [1.807, 2.05) is 0 Å². The van der Waals surface area contributed by atoms with Gasteiger partial charge in [-0.1, -0.05) is 0 Å². The van der Waals surface area contributed by atoms with E-state index in [0.717, 1.165) is 24.3 Å². The number of aliphatic hydroxyl groups excluding tert-OH is 1. The number of alkyl halides is 3. The van der Waals surface area contributed by atoms with Gasteiger partial charge in [0.1, 0.15) is 17.6 Å². The molecule has 0 unspecified atom stereocenters. The standard InChI is InChI=1S/C18H19F3N2O4/c1-26-13-7-8-16(27-2)14(9-13)15(24)10-22-17(25)23-12-5-3-11(4-6-12)18(19,20)21/h3-9,15,24H,10H2,1-2H3,(H2,22,23,25)/t15-/m1/s1. The molecular weight excluding hydrogens is 365 g/mol. The summed E-state index contributed by atoms with van der Waals surface area (Å²) in [4.78, 5) is 11.9. The van der Waals surface area contributed by atoms with Crippen molar-refractivity contribution >= 4 is 11.7 Å². The lowest BCUT2D eigenvalue weighted by Gasteiger charge is -2.17. The number of carbonyl (C=O) groups is 1. The van der Waals surface area contributed by atoms with Crippen molar-refractivity contribution in [3.8, 4) is 11.5 Å². The first-order valence-electron chi connectivity index (χ1n) is 7.86. The van der Waals surface area contributed by atoms with E-state index >= 15 is 0 Å². The van der Waals surface area contributed by atoms with Crippen molar-refractivity contribution < 1.29 is 32.5 Å². The fraction of sp³-hybridized carbons (Fsp3) is 0.278. The van der Waals surface area contributed by atoms with Crippen LogP contribution in [0.25, 0.3) is 0 Å². The van der Waals surface area contributed by atoms with E-state index < -0.39 is 23.9 Å². The average molecular weight is 384 g/mol. The smallest absolute Gasteiger partial charge is 0.416 e. The summed E-state index contributed by atoms with van der Waals surface area (Å²) in [5.41, 5.74) is -0.199. The molecule has 2 aromatic carbocycles. The molecular formula is C18H19F3N2O4. The van der Waals surface area contributed by atoms with Crippen molar-refractivity contribution in [2.24, 2.45) is 0 Å². The molecule has 2 rings (SSSR count). The van der Waals surface area contributed by atoms with Crippen LogP contribution in [-0.2, 0) is 6.18 Å². The lowest BCUT2D eigenvalue weighted by atomic mass is 10.1. The van der Waals surface area contributed by atoms with Gasteiger partial charge in [-0.15, -0.1) is 0 Å². The Hall–Kier alpha value is -2.94. The van der Waals surface area contributed by atoms with Gasteiger partial charge in [-0.3, -0.25) is 0 Å². The lowest BCUT2D eigenvalue weighted by Crippen LogP contribution is -2.32. The molecule has 9 heteroatoms. The zero-order valence-corrected chi connectivity index (χ0v) is 14.6. The summed E-state index contributed by atoms with van der Waals surface area (Å²) in [5, 5.41) is 15.1. The lowest BCUT2D eigenvalue weighted by molar-refractivity contribution is -0.137. The molecule has 0 radical (unpaired) electrons. The minimum absolute atomic E-state index is 0.143. The number of carbonyl (C=O) groups excluding carboxylic acids is 1. The normalized spacial score (nSPS) is 12.2. The van der Waals surface area contributed by atoms with Gasteiger partial charge in [-0.25, -0.2) is 4.79 Å². The number of halogens is 3. The van der Waals surface area contributed by atoms with E-state index in [0.29, 0.717) is 17.1 Å². The largest absolute Gasteiger partial charge is 0.497 e. The Morgan fingerprint density at radius 2 is 1.78 bits per heavy atom. The van der Waals surface area contributed by atoms with Crippen molar-refractivity contribution in [1.82, 2.24) is 5.32 Å².